The van der Waals surface area contributed by atoms with E-state index in [0.717, 1.165) is 56.1 Å². The van der Waals surface area contributed by atoms with Gasteiger partial charge in [-0.05, 0) is 75.9 Å². The first-order chi connectivity index (χ1) is 17.7. The van der Waals surface area contributed by atoms with Gasteiger partial charge in [-0.25, -0.2) is 0 Å². The smallest absolute Gasteiger partial charge is 0.303 e. The SMILES string of the molecule is C=C1/C(=C\C=C2/CCC[C@@]3(C)C2CCC3(O)C2(CC#CC(C)(C)O)CC2)CC(OC(C)=O)C[C@@H]1OC(C)=O. The zero-order valence-corrected chi connectivity index (χ0v) is 23.7. The summed E-state index contributed by atoms with van der Waals surface area (Å²) in [6.45, 7) is 12.6. The number of aliphatic hydroxyl groups is 2. The molecule has 0 heterocycles. The first-order valence-corrected chi connectivity index (χ1v) is 14.1. The number of ether oxygens (including phenoxy) is 2. The fraction of sp³-hybridized carbons (Fsp3) is 0.688. The lowest BCUT2D eigenvalue weighted by Crippen LogP contribution is -2.53. The Balaban J connectivity index is 1.58. The molecule has 0 spiro atoms. The quantitative estimate of drug-likeness (QED) is 0.373. The molecule has 2 N–H and O–H groups in total. The highest BCUT2D eigenvalue weighted by Crippen LogP contribution is 2.71. The fourth-order valence-corrected chi connectivity index (χ4v) is 7.52. The number of hydrogen-bond donors (Lipinski definition) is 2. The summed E-state index contributed by atoms with van der Waals surface area (Å²) in [7, 11) is 0. The van der Waals surface area contributed by atoms with E-state index in [4.69, 9.17) is 9.47 Å². The van der Waals surface area contributed by atoms with Crippen LogP contribution in [0.1, 0.15) is 98.8 Å². The third kappa shape index (κ3) is 5.51. The van der Waals surface area contributed by atoms with Crippen LogP contribution in [-0.2, 0) is 19.1 Å². The highest BCUT2D eigenvalue weighted by molar-refractivity contribution is 5.67. The summed E-state index contributed by atoms with van der Waals surface area (Å²) in [5.41, 5.74) is 0.801. The molecule has 4 aliphatic rings. The second kappa shape index (κ2) is 10.3. The average molecular weight is 525 g/mol. The molecule has 6 heteroatoms. The summed E-state index contributed by atoms with van der Waals surface area (Å²) < 4.78 is 11.0. The summed E-state index contributed by atoms with van der Waals surface area (Å²) in [5.74, 6) is 5.69. The molecule has 0 amide bonds. The predicted octanol–water partition coefficient (Wildman–Crippen LogP) is 5.33. The molecule has 0 aromatic rings. The standard InChI is InChI=1S/C32H44O6/c1-21-25(19-26(37-22(2)33)20-28(21)38-23(3)34)11-10-24-9-7-14-30(6)27(24)12-16-32(30,36)31(17-18-31)15-8-13-29(4,5)35/h10-11,26-28,35-36H,1,7,9,12,14-20H2,2-6H3/b24-10+,25-11-/t26?,27?,28-,30-,32?/m0/s1. The van der Waals surface area contributed by atoms with Gasteiger partial charge >= 0.3 is 11.9 Å². The third-order valence-electron chi connectivity index (χ3n) is 9.53. The van der Waals surface area contributed by atoms with E-state index in [9.17, 15) is 19.8 Å². The Bertz CT molecular complexity index is 1110. The number of rotatable bonds is 5. The molecule has 0 bridgehead atoms. The van der Waals surface area contributed by atoms with Crippen molar-refractivity contribution in [3.63, 3.8) is 0 Å². The molecule has 6 nitrogen and oxygen atoms in total. The van der Waals surface area contributed by atoms with E-state index in [1.165, 1.54) is 19.4 Å². The van der Waals surface area contributed by atoms with E-state index >= 15 is 0 Å². The van der Waals surface area contributed by atoms with Crippen LogP contribution in [0.15, 0.2) is 35.5 Å². The lowest BCUT2D eigenvalue weighted by atomic mass is 9.57. The first-order valence-electron chi connectivity index (χ1n) is 14.1. The number of fused-ring (bicyclic) bond motifs is 1. The molecule has 4 saturated carbocycles. The Morgan fingerprint density at radius 3 is 2.42 bits per heavy atom. The summed E-state index contributed by atoms with van der Waals surface area (Å²) in [6.07, 6.45) is 11.6. The molecule has 5 atom stereocenters. The van der Waals surface area contributed by atoms with Crippen molar-refractivity contribution in [1.82, 2.24) is 0 Å². The lowest BCUT2D eigenvalue weighted by Gasteiger charge is -2.50. The largest absolute Gasteiger partial charge is 0.462 e. The molecule has 0 saturated heterocycles. The van der Waals surface area contributed by atoms with Gasteiger partial charge in [-0.15, -0.1) is 0 Å². The maximum Gasteiger partial charge on any atom is 0.303 e. The molecule has 208 valence electrons. The highest BCUT2D eigenvalue weighted by Gasteiger charge is 2.70. The highest BCUT2D eigenvalue weighted by atomic mass is 16.6. The minimum atomic E-state index is -1.03. The van der Waals surface area contributed by atoms with E-state index in [1.54, 1.807) is 13.8 Å². The molecule has 3 unspecified atom stereocenters. The van der Waals surface area contributed by atoms with Gasteiger partial charge in [-0.1, -0.05) is 43.1 Å². The number of allylic oxidation sites excluding steroid dienone is 3. The van der Waals surface area contributed by atoms with Gasteiger partial charge in [-0.3, -0.25) is 9.59 Å². The van der Waals surface area contributed by atoms with Crippen LogP contribution in [0.3, 0.4) is 0 Å². The van der Waals surface area contributed by atoms with E-state index in [2.05, 4.69) is 37.5 Å². The molecule has 0 aromatic carbocycles. The van der Waals surface area contributed by atoms with Crippen LogP contribution in [-0.4, -0.2) is 45.6 Å². The van der Waals surface area contributed by atoms with Gasteiger partial charge in [0, 0.05) is 43.9 Å². The minimum Gasteiger partial charge on any atom is -0.462 e. The van der Waals surface area contributed by atoms with Crippen molar-refractivity contribution in [2.75, 3.05) is 0 Å². The normalized spacial score (nSPS) is 36.3. The zero-order chi connectivity index (χ0) is 27.9. The summed E-state index contributed by atoms with van der Waals surface area (Å²) >= 11 is 0. The number of carbonyl (C=O) groups is 2. The molecular formula is C32H44O6. The Morgan fingerprint density at radius 1 is 1.13 bits per heavy atom. The molecule has 4 aliphatic carbocycles. The van der Waals surface area contributed by atoms with Gasteiger partial charge in [0.15, 0.2) is 0 Å². The predicted molar refractivity (Wildman–Crippen MR) is 146 cm³/mol. The van der Waals surface area contributed by atoms with Gasteiger partial charge < -0.3 is 19.7 Å². The van der Waals surface area contributed by atoms with Gasteiger partial charge in [0.25, 0.3) is 0 Å². The van der Waals surface area contributed by atoms with Crippen LogP contribution in [0.5, 0.6) is 0 Å². The van der Waals surface area contributed by atoms with Crippen molar-refractivity contribution in [1.29, 1.82) is 0 Å². The van der Waals surface area contributed by atoms with Gasteiger partial charge in [0.2, 0.25) is 0 Å². The first kappa shape index (κ1) is 28.6. The summed E-state index contributed by atoms with van der Waals surface area (Å²) in [6, 6.07) is 0. The number of carbonyl (C=O) groups excluding carboxylic acids is 2. The van der Waals surface area contributed by atoms with Crippen molar-refractivity contribution in [3.8, 4) is 11.8 Å². The fourth-order valence-electron chi connectivity index (χ4n) is 7.52. The van der Waals surface area contributed by atoms with Gasteiger partial charge in [0.05, 0.1) is 5.60 Å². The second-order valence-corrected chi connectivity index (χ2v) is 12.8. The van der Waals surface area contributed by atoms with E-state index < -0.39 is 17.3 Å². The Hall–Kier alpha value is -2.36. The van der Waals surface area contributed by atoms with Crippen LogP contribution >= 0.6 is 0 Å². The van der Waals surface area contributed by atoms with Crippen LogP contribution in [0.25, 0.3) is 0 Å². The summed E-state index contributed by atoms with van der Waals surface area (Å²) in [4.78, 5) is 23.3. The van der Waals surface area contributed by atoms with Gasteiger partial charge in [0.1, 0.15) is 17.8 Å². The average Bonchev–Trinajstić information content (AvgIpc) is 3.53. The van der Waals surface area contributed by atoms with E-state index in [-0.39, 0.29) is 34.8 Å². The van der Waals surface area contributed by atoms with Crippen molar-refractivity contribution in [3.05, 3.63) is 35.5 Å². The lowest BCUT2D eigenvalue weighted by molar-refractivity contribution is -0.152. The molecule has 4 fully saturated rings. The molecule has 0 aromatic heterocycles. The molecule has 0 radical (unpaired) electrons. The molecular weight excluding hydrogens is 480 g/mol. The Morgan fingerprint density at radius 2 is 1.82 bits per heavy atom. The second-order valence-electron chi connectivity index (χ2n) is 12.8. The third-order valence-corrected chi connectivity index (χ3v) is 9.53. The number of esters is 2. The molecule has 38 heavy (non-hydrogen) atoms. The summed E-state index contributed by atoms with van der Waals surface area (Å²) in [5, 5.41) is 22.3. The van der Waals surface area contributed by atoms with Crippen LogP contribution in [0, 0.1) is 28.6 Å². The van der Waals surface area contributed by atoms with Gasteiger partial charge in [-0.2, -0.15) is 0 Å². The Kier molecular flexibility index (Phi) is 7.78. The number of hydrogen-bond acceptors (Lipinski definition) is 6. The van der Waals surface area contributed by atoms with Crippen LogP contribution < -0.4 is 0 Å². The van der Waals surface area contributed by atoms with Crippen LogP contribution in [0.2, 0.25) is 0 Å². The maximum absolute atomic E-state index is 12.3. The zero-order valence-electron chi connectivity index (χ0n) is 23.7. The van der Waals surface area contributed by atoms with Crippen LogP contribution in [0.4, 0.5) is 0 Å². The van der Waals surface area contributed by atoms with Crippen molar-refractivity contribution in [2.24, 2.45) is 16.7 Å². The minimum absolute atomic E-state index is 0.193. The van der Waals surface area contributed by atoms with Crippen molar-refractivity contribution >= 4 is 11.9 Å². The van der Waals surface area contributed by atoms with E-state index in [0.29, 0.717) is 19.3 Å². The van der Waals surface area contributed by atoms with Crippen molar-refractivity contribution in [2.45, 2.75) is 122 Å². The van der Waals surface area contributed by atoms with Crippen molar-refractivity contribution < 1.29 is 29.3 Å². The monoisotopic (exact) mass is 524 g/mol. The maximum atomic E-state index is 12.3. The molecule has 0 aliphatic heterocycles. The topological polar surface area (TPSA) is 93.1 Å². The molecule has 4 rings (SSSR count). The Labute approximate surface area is 227 Å². The van der Waals surface area contributed by atoms with E-state index in [1.807, 2.05) is 0 Å².